The van der Waals surface area contributed by atoms with Crippen LogP contribution in [-0.2, 0) is 35.2 Å². The fourth-order valence-corrected chi connectivity index (χ4v) is 4.50. The van der Waals surface area contributed by atoms with Crippen LogP contribution in [0.15, 0.2) is 30.3 Å². The van der Waals surface area contributed by atoms with E-state index >= 15 is 0 Å². The van der Waals surface area contributed by atoms with Gasteiger partial charge in [0.2, 0.25) is 5.91 Å². The first kappa shape index (κ1) is 32.1. The van der Waals surface area contributed by atoms with E-state index in [9.17, 15) is 24.3 Å². The van der Waals surface area contributed by atoms with Gasteiger partial charge in [0.15, 0.2) is 6.04 Å². The molecule has 0 aromatic heterocycles. The summed E-state index contributed by atoms with van der Waals surface area (Å²) < 4.78 is 16.3. The summed E-state index contributed by atoms with van der Waals surface area (Å²) in [6.07, 6.45) is 3.56. The summed E-state index contributed by atoms with van der Waals surface area (Å²) in [5.41, 5.74) is -1.75. The fourth-order valence-electron chi connectivity index (χ4n) is 4.50. The molecule has 2 N–H and O–H groups in total. The highest BCUT2D eigenvalue weighted by atomic mass is 16.6. The van der Waals surface area contributed by atoms with Gasteiger partial charge in [0.25, 0.3) is 0 Å². The van der Waals surface area contributed by atoms with Gasteiger partial charge in [0.05, 0.1) is 5.60 Å². The molecule has 0 radical (unpaired) electrons. The number of ether oxygens (including phenoxy) is 3. The topological polar surface area (TPSA) is 131 Å². The number of esters is 2. The molecule has 0 spiro atoms. The number of rotatable bonds is 11. The van der Waals surface area contributed by atoms with Crippen molar-refractivity contribution in [2.45, 2.75) is 116 Å². The maximum absolute atomic E-state index is 13.6. The lowest BCUT2D eigenvalue weighted by atomic mass is 9.96. The first-order valence-electron chi connectivity index (χ1n) is 13.6. The van der Waals surface area contributed by atoms with Gasteiger partial charge in [-0.15, -0.1) is 0 Å². The molecule has 0 saturated heterocycles. The molecule has 0 bridgehead atoms. The van der Waals surface area contributed by atoms with E-state index in [0.717, 1.165) is 42.6 Å². The minimum absolute atomic E-state index is 0.0408. The third-order valence-corrected chi connectivity index (χ3v) is 6.33. The minimum Gasteiger partial charge on any atom is -0.462 e. The quantitative estimate of drug-likeness (QED) is 0.315. The summed E-state index contributed by atoms with van der Waals surface area (Å²) in [5, 5.41) is 13.3. The molecule has 10 heteroatoms. The number of benzene rings is 1. The zero-order valence-corrected chi connectivity index (χ0v) is 24.0. The zero-order valence-electron chi connectivity index (χ0n) is 24.0. The van der Waals surface area contributed by atoms with Gasteiger partial charge in [0, 0.05) is 13.5 Å². The molecule has 0 unspecified atom stereocenters. The van der Waals surface area contributed by atoms with Gasteiger partial charge in [-0.3, -0.25) is 9.59 Å². The van der Waals surface area contributed by atoms with Crippen LogP contribution in [0.5, 0.6) is 0 Å². The van der Waals surface area contributed by atoms with Gasteiger partial charge >= 0.3 is 18.0 Å². The molecule has 2 atom stereocenters. The molecule has 39 heavy (non-hydrogen) atoms. The Morgan fingerprint density at radius 2 is 1.64 bits per heavy atom. The summed E-state index contributed by atoms with van der Waals surface area (Å²) in [6, 6.07) is 6.42. The van der Waals surface area contributed by atoms with Crippen LogP contribution in [0.3, 0.4) is 0 Å². The van der Waals surface area contributed by atoms with Crippen molar-refractivity contribution in [2.24, 2.45) is 0 Å². The van der Waals surface area contributed by atoms with E-state index in [-0.39, 0.29) is 25.6 Å². The highest BCUT2D eigenvalue weighted by Crippen LogP contribution is 2.22. The van der Waals surface area contributed by atoms with E-state index in [4.69, 9.17) is 14.2 Å². The lowest BCUT2D eigenvalue weighted by Crippen LogP contribution is -2.59. The van der Waals surface area contributed by atoms with Crippen molar-refractivity contribution in [3.05, 3.63) is 35.9 Å². The molecule has 2 amide bonds. The third kappa shape index (κ3) is 11.2. The Balaban J connectivity index is 2.15. The zero-order chi connectivity index (χ0) is 29.2. The number of nitrogens with zero attached hydrogens (tertiary/aromatic N) is 1. The van der Waals surface area contributed by atoms with Crippen LogP contribution < -0.4 is 5.32 Å². The summed E-state index contributed by atoms with van der Waals surface area (Å²) in [4.78, 5) is 52.8. The molecule has 1 aliphatic rings. The summed E-state index contributed by atoms with van der Waals surface area (Å²) >= 11 is 0. The Bertz CT molecular complexity index is 962. The molecule has 2 rings (SSSR count). The Kier molecular flexibility index (Phi) is 11.8. The van der Waals surface area contributed by atoms with Gasteiger partial charge < -0.3 is 29.5 Å². The van der Waals surface area contributed by atoms with E-state index < -0.39 is 47.2 Å². The lowest BCUT2D eigenvalue weighted by Gasteiger charge is -2.36. The highest BCUT2D eigenvalue weighted by molar-refractivity contribution is 5.90. The summed E-state index contributed by atoms with van der Waals surface area (Å²) in [7, 11) is 1.35. The average Bonchev–Trinajstić information content (AvgIpc) is 2.84. The Morgan fingerprint density at radius 3 is 2.21 bits per heavy atom. The molecular weight excluding hydrogens is 504 g/mol. The third-order valence-electron chi connectivity index (χ3n) is 6.33. The molecule has 10 nitrogen and oxygen atoms in total. The summed E-state index contributed by atoms with van der Waals surface area (Å²) in [6.45, 7) is 7.80. The van der Waals surface area contributed by atoms with Gasteiger partial charge in [-0.2, -0.15) is 0 Å². The SMILES string of the molecule is CN(C(=O)[C@H](CCC(=O)OC1CCCCC1)NC(=O)OC(C)(C)C)[C@H](C(=O)OCc1ccccc1)C(C)(C)O. The molecule has 1 aromatic carbocycles. The van der Waals surface area contributed by atoms with Crippen LogP contribution in [0.25, 0.3) is 0 Å². The van der Waals surface area contributed by atoms with E-state index in [0.29, 0.717) is 0 Å². The highest BCUT2D eigenvalue weighted by Gasteiger charge is 2.42. The molecule has 218 valence electrons. The maximum atomic E-state index is 13.6. The van der Waals surface area contributed by atoms with E-state index in [2.05, 4.69) is 5.32 Å². The number of amides is 2. The number of aliphatic hydroxyl groups is 1. The average molecular weight is 549 g/mol. The number of alkyl carbamates (subject to hydrolysis) is 1. The van der Waals surface area contributed by atoms with Crippen molar-refractivity contribution in [3.8, 4) is 0 Å². The number of carbonyl (C=O) groups excluding carboxylic acids is 4. The predicted molar refractivity (Wildman–Crippen MR) is 144 cm³/mol. The van der Waals surface area contributed by atoms with E-state index in [1.54, 1.807) is 45.0 Å². The second-order valence-corrected chi connectivity index (χ2v) is 11.6. The lowest BCUT2D eigenvalue weighted by molar-refractivity contribution is -0.166. The molecule has 1 aromatic rings. The molecule has 1 fully saturated rings. The number of hydrogen-bond acceptors (Lipinski definition) is 8. The van der Waals surface area contributed by atoms with Crippen LogP contribution in [0.2, 0.25) is 0 Å². The van der Waals surface area contributed by atoms with Crippen molar-refractivity contribution < 1.29 is 38.5 Å². The van der Waals surface area contributed by atoms with Gasteiger partial charge in [0.1, 0.15) is 24.4 Å². The molecule has 1 saturated carbocycles. The second kappa shape index (κ2) is 14.3. The second-order valence-electron chi connectivity index (χ2n) is 11.6. The van der Waals surface area contributed by atoms with Crippen molar-refractivity contribution in [1.29, 1.82) is 0 Å². The Hall–Kier alpha value is -3.14. The van der Waals surface area contributed by atoms with Crippen LogP contribution >= 0.6 is 0 Å². The minimum atomic E-state index is -1.67. The van der Waals surface area contributed by atoms with Crippen LogP contribution in [0.4, 0.5) is 4.79 Å². The predicted octanol–water partition coefficient (Wildman–Crippen LogP) is 3.88. The number of nitrogens with one attached hydrogen (secondary N) is 1. The van der Waals surface area contributed by atoms with E-state index in [1.807, 2.05) is 6.07 Å². The van der Waals surface area contributed by atoms with Crippen LogP contribution in [-0.4, -0.2) is 70.4 Å². The van der Waals surface area contributed by atoms with Crippen molar-refractivity contribution in [3.63, 3.8) is 0 Å². The Morgan fingerprint density at radius 1 is 1.03 bits per heavy atom. The first-order valence-corrected chi connectivity index (χ1v) is 13.6. The van der Waals surface area contributed by atoms with Gasteiger partial charge in [-0.25, -0.2) is 9.59 Å². The molecular formula is C29H44N2O8. The molecule has 1 aliphatic carbocycles. The Labute approximate surface area is 231 Å². The first-order chi connectivity index (χ1) is 18.2. The molecule has 0 heterocycles. The van der Waals surface area contributed by atoms with Crippen LogP contribution in [0, 0.1) is 0 Å². The number of hydrogen-bond donors (Lipinski definition) is 2. The maximum Gasteiger partial charge on any atom is 0.408 e. The van der Waals surface area contributed by atoms with Crippen LogP contribution in [0.1, 0.15) is 85.1 Å². The largest absolute Gasteiger partial charge is 0.462 e. The van der Waals surface area contributed by atoms with Crippen molar-refractivity contribution in [1.82, 2.24) is 10.2 Å². The van der Waals surface area contributed by atoms with Crippen molar-refractivity contribution in [2.75, 3.05) is 7.05 Å². The smallest absolute Gasteiger partial charge is 0.408 e. The fraction of sp³-hybridized carbons (Fsp3) is 0.655. The van der Waals surface area contributed by atoms with Gasteiger partial charge in [-0.1, -0.05) is 36.8 Å². The standard InChI is InChI=1S/C29H44N2O8/c1-28(2,3)39-27(35)30-22(17-18-23(32)38-21-15-11-8-12-16-21)25(33)31(6)24(29(4,5)36)26(34)37-19-20-13-9-7-10-14-20/h7,9-10,13-14,21-22,24,36H,8,11-12,15-19H2,1-6H3,(H,30,35)/t22-,24+/m0/s1. The number of likely N-dealkylation sites (N-methyl/N-ethyl adjacent to an activating group) is 1. The normalized spacial score (nSPS) is 16.0. The van der Waals surface area contributed by atoms with Crippen molar-refractivity contribution >= 4 is 23.9 Å². The van der Waals surface area contributed by atoms with Gasteiger partial charge in [-0.05, 0) is 72.3 Å². The summed E-state index contributed by atoms with van der Waals surface area (Å²) in [5.74, 6) is -1.96. The molecule has 0 aliphatic heterocycles. The van der Waals surface area contributed by atoms with E-state index in [1.165, 1.54) is 20.9 Å². The monoisotopic (exact) mass is 548 g/mol. The number of carbonyl (C=O) groups is 4.